The van der Waals surface area contributed by atoms with Crippen LogP contribution in [0.4, 0.5) is 5.69 Å². The Bertz CT molecular complexity index is 467. The average molecular weight is 298 g/mol. The minimum atomic E-state index is -1.80. The minimum Gasteiger partial charge on any atom is -0.258 e. The van der Waals surface area contributed by atoms with Gasteiger partial charge < -0.3 is 0 Å². The summed E-state index contributed by atoms with van der Waals surface area (Å²) in [7, 11) is 0. The van der Waals surface area contributed by atoms with Crippen LogP contribution in [0.25, 0.3) is 0 Å². The Morgan fingerprint density at radius 2 is 2.06 bits per heavy atom. The number of nitro groups is 1. The van der Waals surface area contributed by atoms with Crippen LogP contribution in [-0.2, 0) is 3.79 Å². The van der Waals surface area contributed by atoms with E-state index in [4.69, 9.17) is 40.1 Å². The second-order valence-corrected chi connectivity index (χ2v) is 5.74. The van der Waals surface area contributed by atoms with Crippen molar-refractivity contribution >= 4 is 52.3 Å². The molecule has 0 radical (unpaired) electrons. The summed E-state index contributed by atoms with van der Waals surface area (Å²) in [6.45, 7) is 0. The third kappa shape index (κ3) is 3.16. The standard InChI is InChI=1S/C8H3Cl3N2O2S/c9-8(10,11)6-3-5(13(14)15)1-2-7(6)16-4-12/h1-3H. The summed E-state index contributed by atoms with van der Waals surface area (Å²) in [5.74, 6) is 0. The van der Waals surface area contributed by atoms with E-state index in [0.29, 0.717) is 4.90 Å². The highest BCUT2D eigenvalue weighted by Gasteiger charge is 2.28. The van der Waals surface area contributed by atoms with E-state index in [1.54, 1.807) is 0 Å². The quantitative estimate of drug-likeness (QED) is 0.272. The lowest BCUT2D eigenvalue weighted by molar-refractivity contribution is -0.385. The number of non-ortho nitro benzene ring substituents is 1. The fraction of sp³-hybridized carbons (Fsp3) is 0.125. The number of halogens is 3. The number of rotatable bonds is 2. The molecular formula is C8H3Cl3N2O2S. The topological polar surface area (TPSA) is 66.9 Å². The lowest BCUT2D eigenvalue weighted by Crippen LogP contribution is -2.03. The number of nitriles is 1. The highest BCUT2D eigenvalue weighted by atomic mass is 35.6. The van der Waals surface area contributed by atoms with Crippen LogP contribution in [0.1, 0.15) is 5.56 Å². The lowest BCUT2D eigenvalue weighted by atomic mass is 10.2. The minimum absolute atomic E-state index is 0.123. The molecule has 4 nitrogen and oxygen atoms in total. The van der Waals surface area contributed by atoms with Crippen molar-refractivity contribution in [1.82, 2.24) is 0 Å². The maximum absolute atomic E-state index is 10.6. The highest BCUT2D eigenvalue weighted by molar-refractivity contribution is 8.03. The van der Waals surface area contributed by atoms with Crippen LogP contribution in [0, 0.1) is 20.8 Å². The molecule has 0 N–H and O–H groups in total. The van der Waals surface area contributed by atoms with Crippen molar-refractivity contribution in [2.45, 2.75) is 8.69 Å². The molecule has 0 aliphatic heterocycles. The maximum Gasteiger partial charge on any atom is 0.269 e. The summed E-state index contributed by atoms with van der Waals surface area (Å²) in [4.78, 5) is 10.3. The van der Waals surface area contributed by atoms with E-state index in [0.717, 1.165) is 17.8 Å². The molecule has 0 heterocycles. The molecule has 0 aromatic heterocycles. The first-order valence-corrected chi connectivity index (χ1v) is 5.73. The van der Waals surface area contributed by atoms with E-state index in [-0.39, 0.29) is 11.3 Å². The molecule has 0 spiro atoms. The van der Waals surface area contributed by atoms with E-state index in [2.05, 4.69) is 0 Å². The van der Waals surface area contributed by atoms with Crippen LogP contribution < -0.4 is 0 Å². The summed E-state index contributed by atoms with van der Waals surface area (Å²) in [5.41, 5.74) is -0.0677. The van der Waals surface area contributed by atoms with Gasteiger partial charge >= 0.3 is 0 Å². The van der Waals surface area contributed by atoms with Crippen molar-refractivity contribution in [3.8, 4) is 5.40 Å². The fourth-order valence-corrected chi connectivity index (χ4v) is 2.18. The number of thioether (sulfide) groups is 1. The third-order valence-corrected chi connectivity index (χ3v) is 2.91. The molecule has 0 aliphatic carbocycles. The summed E-state index contributed by atoms with van der Waals surface area (Å²) < 4.78 is -1.80. The smallest absolute Gasteiger partial charge is 0.258 e. The van der Waals surface area contributed by atoms with Gasteiger partial charge in [-0.3, -0.25) is 10.1 Å². The van der Waals surface area contributed by atoms with Crippen LogP contribution in [0.3, 0.4) is 0 Å². The summed E-state index contributed by atoms with van der Waals surface area (Å²) in [5, 5.41) is 20.9. The zero-order valence-corrected chi connectivity index (χ0v) is 10.6. The molecule has 84 valence electrons. The first-order valence-electron chi connectivity index (χ1n) is 3.78. The SMILES string of the molecule is N#CSc1ccc([N+](=O)[O-])cc1C(Cl)(Cl)Cl. The van der Waals surface area contributed by atoms with Crippen LogP contribution in [0.5, 0.6) is 0 Å². The number of alkyl halides is 3. The Hall–Kier alpha value is -0.670. The molecular weight excluding hydrogens is 295 g/mol. The van der Waals surface area contributed by atoms with Gasteiger partial charge in [0.15, 0.2) is 0 Å². The van der Waals surface area contributed by atoms with Gasteiger partial charge in [0.1, 0.15) is 5.40 Å². The second kappa shape index (κ2) is 5.11. The van der Waals surface area contributed by atoms with Gasteiger partial charge in [0.25, 0.3) is 5.69 Å². The van der Waals surface area contributed by atoms with Gasteiger partial charge in [-0.05, 0) is 17.8 Å². The fourth-order valence-electron chi connectivity index (χ4n) is 0.991. The van der Waals surface area contributed by atoms with Gasteiger partial charge in [0, 0.05) is 22.6 Å². The normalized spacial score (nSPS) is 10.9. The molecule has 0 atom stereocenters. The molecule has 0 unspecified atom stereocenters. The molecule has 1 aromatic rings. The van der Waals surface area contributed by atoms with Crippen molar-refractivity contribution in [1.29, 1.82) is 5.26 Å². The zero-order valence-electron chi connectivity index (χ0n) is 7.49. The van der Waals surface area contributed by atoms with Crippen molar-refractivity contribution in [3.05, 3.63) is 33.9 Å². The van der Waals surface area contributed by atoms with Crippen molar-refractivity contribution < 1.29 is 4.92 Å². The number of thiocyanates is 1. The van der Waals surface area contributed by atoms with Crippen LogP contribution >= 0.6 is 46.6 Å². The van der Waals surface area contributed by atoms with Crippen LogP contribution in [0.2, 0.25) is 0 Å². The number of hydrogen-bond donors (Lipinski definition) is 0. The molecule has 0 fully saturated rings. The average Bonchev–Trinajstić information content (AvgIpc) is 2.16. The number of nitrogens with zero attached hydrogens (tertiary/aromatic N) is 2. The molecule has 16 heavy (non-hydrogen) atoms. The Labute approximate surface area is 110 Å². The number of nitro benzene ring substituents is 1. The third-order valence-electron chi connectivity index (χ3n) is 1.63. The first-order chi connectivity index (χ1) is 7.36. The molecule has 0 amide bonds. The molecule has 8 heteroatoms. The zero-order chi connectivity index (χ0) is 12.3. The largest absolute Gasteiger partial charge is 0.269 e. The van der Waals surface area contributed by atoms with Gasteiger partial charge in [-0.2, -0.15) is 5.26 Å². The van der Waals surface area contributed by atoms with Gasteiger partial charge in [-0.25, -0.2) is 0 Å². The van der Waals surface area contributed by atoms with Crippen LogP contribution in [0.15, 0.2) is 23.1 Å². The summed E-state index contributed by atoms with van der Waals surface area (Å²) >= 11 is 17.8. The van der Waals surface area contributed by atoms with Crippen LogP contribution in [-0.4, -0.2) is 4.92 Å². The Morgan fingerprint density at radius 1 is 1.44 bits per heavy atom. The Kier molecular flexibility index (Phi) is 4.28. The monoisotopic (exact) mass is 296 g/mol. The number of benzene rings is 1. The second-order valence-electron chi connectivity index (χ2n) is 2.63. The molecule has 0 saturated heterocycles. The molecule has 1 rings (SSSR count). The number of hydrogen-bond acceptors (Lipinski definition) is 4. The molecule has 0 saturated carbocycles. The van der Waals surface area contributed by atoms with Gasteiger partial charge in [0.2, 0.25) is 3.79 Å². The van der Waals surface area contributed by atoms with Gasteiger partial charge in [0.05, 0.1) is 4.92 Å². The molecule has 0 bridgehead atoms. The first kappa shape index (κ1) is 13.4. The van der Waals surface area contributed by atoms with Crippen molar-refractivity contribution in [2.75, 3.05) is 0 Å². The Balaban J connectivity index is 3.34. The van der Waals surface area contributed by atoms with Crippen molar-refractivity contribution in [3.63, 3.8) is 0 Å². The Morgan fingerprint density at radius 3 is 2.50 bits per heavy atom. The molecule has 0 aliphatic rings. The van der Waals surface area contributed by atoms with E-state index < -0.39 is 8.72 Å². The summed E-state index contributed by atoms with van der Waals surface area (Å²) in [6, 6.07) is 3.77. The van der Waals surface area contributed by atoms with Crippen molar-refractivity contribution in [2.24, 2.45) is 0 Å². The van der Waals surface area contributed by atoms with E-state index in [1.807, 2.05) is 5.40 Å². The van der Waals surface area contributed by atoms with Gasteiger partial charge in [-0.1, -0.05) is 34.8 Å². The predicted molar refractivity (Wildman–Crippen MR) is 63.8 cm³/mol. The van der Waals surface area contributed by atoms with E-state index in [9.17, 15) is 10.1 Å². The lowest BCUT2D eigenvalue weighted by Gasteiger charge is -2.13. The van der Waals surface area contributed by atoms with Gasteiger partial charge in [-0.15, -0.1) is 0 Å². The van der Waals surface area contributed by atoms with E-state index >= 15 is 0 Å². The predicted octanol–water partition coefficient (Wildman–Crippen LogP) is 3.99. The van der Waals surface area contributed by atoms with E-state index in [1.165, 1.54) is 12.1 Å². The summed E-state index contributed by atoms with van der Waals surface area (Å²) in [6.07, 6.45) is 0. The molecule has 1 aromatic carbocycles. The highest BCUT2D eigenvalue weighted by Crippen LogP contribution is 2.44. The maximum atomic E-state index is 10.6.